The fourth-order valence-corrected chi connectivity index (χ4v) is 1.71. The van der Waals surface area contributed by atoms with E-state index in [1.165, 1.54) is 7.11 Å². The standard InChI is InChI=1S/C15H15N3O3/c1-21-12-7-3-2-6-11(12)15(20)17-10-14(19)18-13-8-4-5-9-16-13/h2-9H,10H2,1H3,(H,17,20)(H,16,18,19). The number of amides is 2. The van der Waals surface area contributed by atoms with Gasteiger partial charge in [0.15, 0.2) is 0 Å². The van der Waals surface area contributed by atoms with E-state index >= 15 is 0 Å². The smallest absolute Gasteiger partial charge is 0.255 e. The summed E-state index contributed by atoms with van der Waals surface area (Å²) in [6.07, 6.45) is 1.57. The third-order valence-electron chi connectivity index (χ3n) is 2.69. The average molecular weight is 285 g/mol. The summed E-state index contributed by atoms with van der Waals surface area (Å²) in [5, 5.41) is 5.12. The lowest BCUT2D eigenvalue weighted by Crippen LogP contribution is -2.33. The van der Waals surface area contributed by atoms with Crippen LogP contribution < -0.4 is 15.4 Å². The van der Waals surface area contributed by atoms with Crippen molar-refractivity contribution in [3.8, 4) is 5.75 Å². The van der Waals surface area contributed by atoms with E-state index < -0.39 is 0 Å². The molecule has 2 amide bonds. The Balaban J connectivity index is 1.90. The minimum Gasteiger partial charge on any atom is -0.496 e. The zero-order valence-electron chi connectivity index (χ0n) is 11.5. The molecule has 21 heavy (non-hydrogen) atoms. The number of pyridine rings is 1. The van der Waals surface area contributed by atoms with Crippen LogP contribution in [0.4, 0.5) is 5.82 Å². The number of nitrogens with zero attached hydrogens (tertiary/aromatic N) is 1. The highest BCUT2D eigenvalue weighted by Gasteiger charge is 2.12. The van der Waals surface area contributed by atoms with Crippen LogP contribution in [0.25, 0.3) is 0 Å². The van der Waals surface area contributed by atoms with Gasteiger partial charge in [-0.15, -0.1) is 0 Å². The Kier molecular flexibility index (Phi) is 4.87. The quantitative estimate of drug-likeness (QED) is 0.871. The summed E-state index contributed by atoms with van der Waals surface area (Å²) in [6.45, 7) is -0.145. The molecule has 1 aromatic carbocycles. The summed E-state index contributed by atoms with van der Waals surface area (Å²) in [5.74, 6) is 0.176. The maximum absolute atomic E-state index is 12.0. The Morgan fingerprint density at radius 1 is 1.14 bits per heavy atom. The van der Waals surface area contributed by atoms with Gasteiger partial charge >= 0.3 is 0 Å². The van der Waals surface area contributed by atoms with E-state index in [2.05, 4.69) is 15.6 Å². The molecule has 0 unspecified atom stereocenters. The van der Waals surface area contributed by atoms with Gasteiger partial charge in [-0.05, 0) is 24.3 Å². The van der Waals surface area contributed by atoms with E-state index in [0.717, 1.165) is 0 Å². The molecular weight excluding hydrogens is 270 g/mol. The fourth-order valence-electron chi connectivity index (χ4n) is 1.71. The molecule has 0 aliphatic heterocycles. The number of carbonyl (C=O) groups is 2. The number of anilines is 1. The first-order valence-corrected chi connectivity index (χ1v) is 6.33. The minimum absolute atomic E-state index is 0.145. The largest absolute Gasteiger partial charge is 0.496 e. The molecular formula is C15H15N3O3. The highest BCUT2D eigenvalue weighted by atomic mass is 16.5. The monoisotopic (exact) mass is 285 g/mol. The predicted molar refractivity (Wildman–Crippen MR) is 78.2 cm³/mol. The van der Waals surface area contributed by atoms with Gasteiger partial charge in [0.1, 0.15) is 11.6 Å². The first-order chi connectivity index (χ1) is 10.2. The Bertz CT molecular complexity index is 629. The molecule has 0 atom stereocenters. The molecule has 1 aromatic heterocycles. The van der Waals surface area contributed by atoms with Crippen molar-refractivity contribution in [3.05, 3.63) is 54.2 Å². The summed E-state index contributed by atoms with van der Waals surface area (Å²) in [4.78, 5) is 27.7. The maximum atomic E-state index is 12.0. The lowest BCUT2D eigenvalue weighted by molar-refractivity contribution is -0.115. The number of para-hydroxylation sites is 1. The molecule has 6 heteroatoms. The van der Waals surface area contributed by atoms with Crippen molar-refractivity contribution in [2.24, 2.45) is 0 Å². The van der Waals surface area contributed by atoms with Gasteiger partial charge in [-0.2, -0.15) is 0 Å². The summed E-state index contributed by atoms with van der Waals surface area (Å²) < 4.78 is 5.10. The Labute approximate surface area is 122 Å². The van der Waals surface area contributed by atoms with Gasteiger partial charge in [0.2, 0.25) is 5.91 Å². The van der Waals surface area contributed by atoms with Gasteiger partial charge in [-0.3, -0.25) is 9.59 Å². The predicted octanol–water partition coefficient (Wildman–Crippen LogP) is 1.46. The molecule has 0 aliphatic rings. The van der Waals surface area contributed by atoms with Gasteiger partial charge in [0, 0.05) is 6.20 Å². The normalized spacial score (nSPS) is 9.76. The van der Waals surface area contributed by atoms with E-state index in [1.807, 2.05) is 0 Å². The highest BCUT2D eigenvalue weighted by Crippen LogP contribution is 2.16. The van der Waals surface area contributed by atoms with Gasteiger partial charge in [-0.1, -0.05) is 18.2 Å². The number of rotatable bonds is 5. The number of ether oxygens (including phenoxy) is 1. The molecule has 6 nitrogen and oxygen atoms in total. The van der Waals surface area contributed by atoms with Crippen LogP contribution in [0, 0.1) is 0 Å². The zero-order valence-corrected chi connectivity index (χ0v) is 11.5. The molecule has 0 bridgehead atoms. The summed E-state index contributed by atoms with van der Waals surface area (Å²) in [7, 11) is 1.49. The summed E-state index contributed by atoms with van der Waals surface area (Å²) in [6, 6.07) is 12.0. The van der Waals surface area contributed by atoms with E-state index in [-0.39, 0.29) is 18.4 Å². The van der Waals surface area contributed by atoms with Crippen LogP contribution in [-0.4, -0.2) is 30.5 Å². The lowest BCUT2D eigenvalue weighted by Gasteiger charge is -2.09. The molecule has 2 aromatic rings. The van der Waals surface area contributed by atoms with Crippen LogP contribution in [0.1, 0.15) is 10.4 Å². The number of carbonyl (C=O) groups excluding carboxylic acids is 2. The summed E-state index contributed by atoms with van der Waals surface area (Å²) in [5.41, 5.74) is 0.380. The minimum atomic E-state index is -0.372. The van der Waals surface area contributed by atoms with E-state index in [9.17, 15) is 9.59 Å². The molecule has 2 rings (SSSR count). The Hall–Kier alpha value is -2.89. The van der Waals surface area contributed by atoms with Crippen molar-refractivity contribution >= 4 is 17.6 Å². The number of hydrogen-bond acceptors (Lipinski definition) is 4. The number of methoxy groups -OCH3 is 1. The van der Waals surface area contributed by atoms with Gasteiger partial charge in [0.05, 0.1) is 19.2 Å². The molecule has 0 spiro atoms. The molecule has 1 heterocycles. The number of benzene rings is 1. The Morgan fingerprint density at radius 2 is 1.90 bits per heavy atom. The van der Waals surface area contributed by atoms with Crippen molar-refractivity contribution in [1.29, 1.82) is 0 Å². The second-order valence-corrected chi connectivity index (χ2v) is 4.15. The van der Waals surface area contributed by atoms with Crippen LogP contribution >= 0.6 is 0 Å². The second-order valence-electron chi connectivity index (χ2n) is 4.15. The maximum Gasteiger partial charge on any atom is 0.255 e. The van der Waals surface area contributed by atoms with Crippen molar-refractivity contribution in [2.45, 2.75) is 0 Å². The van der Waals surface area contributed by atoms with Crippen LogP contribution in [0.5, 0.6) is 5.75 Å². The molecule has 0 saturated carbocycles. The van der Waals surface area contributed by atoms with E-state index in [4.69, 9.17) is 4.74 Å². The van der Waals surface area contributed by atoms with Gasteiger partial charge < -0.3 is 15.4 Å². The van der Waals surface area contributed by atoms with Crippen molar-refractivity contribution < 1.29 is 14.3 Å². The van der Waals surface area contributed by atoms with Crippen LogP contribution in [0.2, 0.25) is 0 Å². The molecule has 0 saturated heterocycles. The van der Waals surface area contributed by atoms with E-state index in [0.29, 0.717) is 17.1 Å². The first kappa shape index (κ1) is 14.5. The van der Waals surface area contributed by atoms with Crippen molar-refractivity contribution in [1.82, 2.24) is 10.3 Å². The fraction of sp³-hybridized carbons (Fsp3) is 0.133. The van der Waals surface area contributed by atoms with Crippen LogP contribution in [0.15, 0.2) is 48.7 Å². The third kappa shape index (κ3) is 4.04. The van der Waals surface area contributed by atoms with Crippen LogP contribution in [0.3, 0.4) is 0 Å². The molecule has 108 valence electrons. The number of hydrogen-bond donors (Lipinski definition) is 2. The van der Waals surface area contributed by atoms with Gasteiger partial charge in [-0.25, -0.2) is 4.98 Å². The first-order valence-electron chi connectivity index (χ1n) is 6.33. The highest BCUT2D eigenvalue weighted by molar-refractivity contribution is 6.00. The molecule has 0 fully saturated rings. The molecule has 0 aliphatic carbocycles. The van der Waals surface area contributed by atoms with E-state index in [1.54, 1.807) is 48.7 Å². The van der Waals surface area contributed by atoms with Gasteiger partial charge in [0.25, 0.3) is 5.91 Å². The zero-order chi connectivity index (χ0) is 15.1. The number of nitrogens with one attached hydrogen (secondary N) is 2. The average Bonchev–Trinajstić information content (AvgIpc) is 2.53. The third-order valence-corrected chi connectivity index (χ3v) is 2.69. The van der Waals surface area contributed by atoms with Crippen LogP contribution in [-0.2, 0) is 4.79 Å². The molecule has 0 radical (unpaired) electrons. The number of aromatic nitrogens is 1. The SMILES string of the molecule is COc1ccccc1C(=O)NCC(=O)Nc1ccccn1. The summed E-state index contributed by atoms with van der Waals surface area (Å²) >= 11 is 0. The molecule has 2 N–H and O–H groups in total. The Morgan fingerprint density at radius 3 is 2.62 bits per heavy atom. The van der Waals surface area contributed by atoms with Crippen molar-refractivity contribution in [2.75, 3.05) is 19.0 Å². The van der Waals surface area contributed by atoms with Crippen molar-refractivity contribution in [3.63, 3.8) is 0 Å². The topological polar surface area (TPSA) is 80.3 Å². The lowest BCUT2D eigenvalue weighted by atomic mass is 10.2. The second kappa shape index (κ2) is 7.04.